The van der Waals surface area contributed by atoms with Crippen LogP contribution in [0.15, 0.2) is 22.7 Å². The third kappa shape index (κ3) is 4.55. The molecule has 1 aliphatic heterocycles. The molecule has 2 nitrogen and oxygen atoms in total. The molecular weight excluding hydrogens is 307 g/mol. The average molecular weight is 329 g/mol. The first-order chi connectivity index (χ1) is 9.19. The van der Waals surface area contributed by atoms with Gasteiger partial charge in [-0.2, -0.15) is 0 Å². The van der Waals surface area contributed by atoms with Crippen molar-refractivity contribution in [2.75, 3.05) is 26.2 Å². The van der Waals surface area contributed by atoms with Crippen molar-refractivity contribution in [3.8, 4) is 0 Å². The minimum absolute atomic E-state index is 0.183. The van der Waals surface area contributed by atoms with Crippen molar-refractivity contribution in [1.82, 2.24) is 10.2 Å². The van der Waals surface area contributed by atoms with Crippen molar-refractivity contribution < 1.29 is 4.39 Å². The standard InChI is InChI=1S/C15H22BrFN2/c1-2-19(10-12-5-7-18-8-6-12)11-13-3-4-14(17)9-15(13)16/h3-4,9,12,18H,2,5-8,10-11H2,1H3. The molecule has 4 heteroatoms. The maximum absolute atomic E-state index is 13.1. The summed E-state index contributed by atoms with van der Waals surface area (Å²) in [6.45, 7) is 7.54. The van der Waals surface area contributed by atoms with Gasteiger partial charge in [-0.3, -0.25) is 4.90 Å². The van der Waals surface area contributed by atoms with Gasteiger partial charge in [0, 0.05) is 17.6 Å². The summed E-state index contributed by atoms with van der Waals surface area (Å²) in [6, 6.07) is 4.97. The molecule has 1 aromatic rings. The molecule has 1 N–H and O–H groups in total. The fourth-order valence-electron chi connectivity index (χ4n) is 2.63. The molecule has 19 heavy (non-hydrogen) atoms. The van der Waals surface area contributed by atoms with E-state index >= 15 is 0 Å². The number of nitrogens with one attached hydrogen (secondary N) is 1. The predicted molar refractivity (Wildman–Crippen MR) is 80.6 cm³/mol. The monoisotopic (exact) mass is 328 g/mol. The Morgan fingerprint density at radius 1 is 1.37 bits per heavy atom. The molecule has 1 saturated heterocycles. The second-order valence-electron chi connectivity index (χ2n) is 5.26. The Morgan fingerprint density at radius 3 is 2.74 bits per heavy atom. The van der Waals surface area contributed by atoms with Gasteiger partial charge in [-0.05, 0) is 56.1 Å². The predicted octanol–water partition coefficient (Wildman–Crippen LogP) is 3.41. The number of halogens is 2. The van der Waals surface area contributed by atoms with Crippen LogP contribution in [0.5, 0.6) is 0 Å². The lowest BCUT2D eigenvalue weighted by molar-refractivity contribution is 0.206. The smallest absolute Gasteiger partial charge is 0.124 e. The zero-order valence-corrected chi connectivity index (χ0v) is 13.0. The second kappa shape index (κ2) is 7.36. The summed E-state index contributed by atoms with van der Waals surface area (Å²) in [7, 11) is 0. The van der Waals surface area contributed by atoms with E-state index in [2.05, 4.69) is 33.1 Å². The van der Waals surface area contributed by atoms with Crippen molar-refractivity contribution >= 4 is 15.9 Å². The fourth-order valence-corrected chi connectivity index (χ4v) is 3.10. The Bertz CT molecular complexity index is 405. The van der Waals surface area contributed by atoms with Gasteiger partial charge in [-0.25, -0.2) is 4.39 Å². The Labute approximate surface area is 123 Å². The maximum Gasteiger partial charge on any atom is 0.124 e. The number of benzene rings is 1. The summed E-state index contributed by atoms with van der Waals surface area (Å²) >= 11 is 3.45. The van der Waals surface area contributed by atoms with Crippen molar-refractivity contribution in [2.45, 2.75) is 26.3 Å². The molecular formula is C15H22BrFN2. The van der Waals surface area contributed by atoms with Gasteiger partial charge in [-0.15, -0.1) is 0 Å². The topological polar surface area (TPSA) is 15.3 Å². The third-order valence-corrected chi connectivity index (χ3v) is 4.57. The highest BCUT2D eigenvalue weighted by Crippen LogP contribution is 2.21. The van der Waals surface area contributed by atoms with Crippen LogP contribution in [-0.2, 0) is 6.54 Å². The van der Waals surface area contributed by atoms with Gasteiger partial charge in [-0.1, -0.05) is 28.9 Å². The van der Waals surface area contributed by atoms with E-state index in [0.29, 0.717) is 0 Å². The van der Waals surface area contributed by atoms with Crippen molar-refractivity contribution in [1.29, 1.82) is 0 Å². The van der Waals surface area contributed by atoms with Crippen LogP contribution in [0.2, 0.25) is 0 Å². The summed E-state index contributed by atoms with van der Waals surface area (Å²) in [5.41, 5.74) is 1.16. The summed E-state index contributed by atoms with van der Waals surface area (Å²) in [5, 5.41) is 3.40. The van der Waals surface area contributed by atoms with Crippen LogP contribution < -0.4 is 5.32 Å². The highest BCUT2D eigenvalue weighted by Gasteiger charge is 2.17. The fraction of sp³-hybridized carbons (Fsp3) is 0.600. The van der Waals surface area contributed by atoms with E-state index in [1.807, 2.05) is 6.07 Å². The van der Waals surface area contributed by atoms with Crippen LogP contribution in [0.4, 0.5) is 4.39 Å². The molecule has 2 rings (SSSR count). The van der Waals surface area contributed by atoms with E-state index < -0.39 is 0 Å². The molecule has 106 valence electrons. The first-order valence-corrected chi connectivity index (χ1v) is 7.85. The lowest BCUT2D eigenvalue weighted by atomic mass is 9.97. The highest BCUT2D eigenvalue weighted by atomic mass is 79.9. The van der Waals surface area contributed by atoms with Crippen LogP contribution >= 0.6 is 15.9 Å². The molecule has 1 heterocycles. The first kappa shape index (κ1) is 14.9. The van der Waals surface area contributed by atoms with E-state index in [0.717, 1.165) is 48.7 Å². The molecule has 0 aromatic heterocycles. The minimum Gasteiger partial charge on any atom is -0.317 e. The molecule has 0 saturated carbocycles. The van der Waals surface area contributed by atoms with E-state index in [9.17, 15) is 4.39 Å². The Kier molecular flexibility index (Phi) is 5.79. The maximum atomic E-state index is 13.1. The van der Waals surface area contributed by atoms with E-state index in [4.69, 9.17) is 0 Å². The lowest BCUT2D eigenvalue weighted by Crippen LogP contribution is -2.36. The Balaban J connectivity index is 1.94. The zero-order valence-electron chi connectivity index (χ0n) is 11.5. The lowest BCUT2D eigenvalue weighted by Gasteiger charge is -2.29. The number of rotatable bonds is 5. The zero-order chi connectivity index (χ0) is 13.7. The summed E-state index contributed by atoms with van der Waals surface area (Å²) in [5.74, 6) is 0.609. The number of hydrogen-bond donors (Lipinski definition) is 1. The molecule has 0 spiro atoms. The first-order valence-electron chi connectivity index (χ1n) is 7.06. The molecule has 0 bridgehead atoms. The summed E-state index contributed by atoms with van der Waals surface area (Å²) in [4.78, 5) is 2.45. The van der Waals surface area contributed by atoms with Crippen LogP contribution in [0.25, 0.3) is 0 Å². The average Bonchev–Trinajstić information content (AvgIpc) is 2.42. The van der Waals surface area contributed by atoms with Crippen LogP contribution in [0.1, 0.15) is 25.3 Å². The van der Waals surface area contributed by atoms with Gasteiger partial charge < -0.3 is 5.32 Å². The SMILES string of the molecule is CCN(Cc1ccc(F)cc1Br)CC1CCNCC1. The quantitative estimate of drug-likeness (QED) is 0.891. The van der Waals surface area contributed by atoms with Gasteiger partial charge in [0.1, 0.15) is 5.82 Å². The number of nitrogens with zero attached hydrogens (tertiary/aromatic N) is 1. The molecule has 1 aliphatic rings. The molecule has 0 atom stereocenters. The van der Waals surface area contributed by atoms with E-state index in [1.54, 1.807) is 12.1 Å². The van der Waals surface area contributed by atoms with E-state index in [-0.39, 0.29) is 5.82 Å². The van der Waals surface area contributed by atoms with Crippen molar-refractivity contribution in [3.05, 3.63) is 34.1 Å². The van der Waals surface area contributed by atoms with E-state index in [1.165, 1.54) is 12.8 Å². The second-order valence-corrected chi connectivity index (χ2v) is 6.11. The number of hydrogen-bond acceptors (Lipinski definition) is 2. The van der Waals surface area contributed by atoms with Crippen LogP contribution in [0, 0.1) is 11.7 Å². The van der Waals surface area contributed by atoms with Gasteiger partial charge in [0.05, 0.1) is 0 Å². The molecule has 0 aliphatic carbocycles. The highest BCUT2D eigenvalue weighted by molar-refractivity contribution is 9.10. The molecule has 0 unspecified atom stereocenters. The molecule has 1 aromatic carbocycles. The van der Waals surface area contributed by atoms with Crippen LogP contribution in [-0.4, -0.2) is 31.1 Å². The minimum atomic E-state index is -0.183. The Hall–Kier alpha value is -0.450. The van der Waals surface area contributed by atoms with Gasteiger partial charge in [0.2, 0.25) is 0 Å². The molecule has 0 amide bonds. The van der Waals surface area contributed by atoms with Crippen molar-refractivity contribution in [2.24, 2.45) is 5.92 Å². The van der Waals surface area contributed by atoms with Gasteiger partial charge >= 0.3 is 0 Å². The van der Waals surface area contributed by atoms with Crippen LogP contribution in [0.3, 0.4) is 0 Å². The molecule has 1 fully saturated rings. The normalized spacial score (nSPS) is 17.1. The number of piperidine rings is 1. The van der Waals surface area contributed by atoms with Gasteiger partial charge in [0.25, 0.3) is 0 Å². The summed E-state index contributed by atoms with van der Waals surface area (Å²) < 4.78 is 14.0. The third-order valence-electron chi connectivity index (χ3n) is 3.83. The molecule has 0 radical (unpaired) electrons. The van der Waals surface area contributed by atoms with Gasteiger partial charge in [0.15, 0.2) is 0 Å². The largest absolute Gasteiger partial charge is 0.317 e. The Morgan fingerprint density at radius 2 is 2.11 bits per heavy atom. The van der Waals surface area contributed by atoms with Crippen molar-refractivity contribution in [3.63, 3.8) is 0 Å². The summed E-state index contributed by atoms with van der Waals surface area (Å²) in [6.07, 6.45) is 2.53.